The molecule has 0 atom stereocenters. The van der Waals surface area contributed by atoms with Crippen LogP contribution in [0.5, 0.6) is 0 Å². The molecule has 0 saturated carbocycles. The molecule has 4 heteroatoms. The number of hydrogen-bond donors (Lipinski definition) is 1. The summed E-state index contributed by atoms with van der Waals surface area (Å²) in [6.45, 7) is 1.82. The van der Waals surface area contributed by atoms with Crippen LogP contribution in [0.3, 0.4) is 0 Å². The van der Waals surface area contributed by atoms with Gasteiger partial charge in [-0.05, 0) is 36.2 Å². The van der Waals surface area contributed by atoms with Gasteiger partial charge in [0.05, 0.1) is 11.3 Å². The Balaban J connectivity index is 2.72. The lowest BCUT2D eigenvalue weighted by molar-refractivity contribution is 0.633. The van der Waals surface area contributed by atoms with Crippen molar-refractivity contribution in [2.75, 3.05) is 5.73 Å². The summed E-state index contributed by atoms with van der Waals surface area (Å²) >= 11 is 0. The van der Waals surface area contributed by atoms with Gasteiger partial charge in [-0.3, -0.25) is 4.79 Å². The van der Waals surface area contributed by atoms with E-state index in [1.807, 2.05) is 13.0 Å². The summed E-state index contributed by atoms with van der Waals surface area (Å²) in [7, 11) is 1.67. The Morgan fingerprint density at radius 1 is 1.29 bits per heavy atom. The van der Waals surface area contributed by atoms with E-state index < -0.39 is 5.82 Å². The predicted molar refractivity (Wildman–Crippen MR) is 66.2 cm³/mol. The Morgan fingerprint density at radius 3 is 2.65 bits per heavy atom. The van der Waals surface area contributed by atoms with E-state index in [9.17, 15) is 9.18 Å². The minimum atomic E-state index is -0.507. The molecule has 0 amide bonds. The molecule has 0 aliphatic heterocycles. The number of pyridine rings is 1. The molecule has 0 unspecified atom stereocenters. The van der Waals surface area contributed by atoms with E-state index in [-0.39, 0.29) is 11.2 Å². The second kappa shape index (κ2) is 4.05. The van der Waals surface area contributed by atoms with Crippen molar-refractivity contribution in [3.05, 3.63) is 52.2 Å². The average Bonchev–Trinajstić information content (AvgIpc) is 2.29. The molecule has 17 heavy (non-hydrogen) atoms. The van der Waals surface area contributed by atoms with Gasteiger partial charge in [0.25, 0.3) is 5.56 Å². The first-order valence-electron chi connectivity index (χ1n) is 5.22. The van der Waals surface area contributed by atoms with E-state index in [2.05, 4.69) is 0 Å². The third-order valence-electron chi connectivity index (χ3n) is 2.77. The van der Waals surface area contributed by atoms with Crippen LogP contribution >= 0.6 is 0 Å². The lowest BCUT2D eigenvalue weighted by atomic mass is 10.0. The highest BCUT2D eigenvalue weighted by atomic mass is 19.1. The maximum Gasteiger partial charge on any atom is 0.258 e. The van der Waals surface area contributed by atoms with Gasteiger partial charge < -0.3 is 10.3 Å². The van der Waals surface area contributed by atoms with Crippen LogP contribution in [-0.2, 0) is 7.05 Å². The number of aromatic nitrogens is 1. The fraction of sp³-hybridized carbons (Fsp3) is 0.154. The van der Waals surface area contributed by atoms with Crippen LogP contribution in [0.15, 0.2) is 35.3 Å². The Kier molecular flexibility index (Phi) is 2.71. The number of nitrogen functional groups attached to an aromatic ring is 1. The number of aryl methyl sites for hydroxylation is 2. The summed E-state index contributed by atoms with van der Waals surface area (Å²) < 4.78 is 14.9. The zero-order valence-corrected chi connectivity index (χ0v) is 9.70. The van der Waals surface area contributed by atoms with Crippen molar-refractivity contribution in [2.24, 2.45) is 7.05 Å². The summed E-state index contributed by atoms with van der Waals surface area (Å²) in [6.07, 6.45) is 1.69. The molecule has 3 nitrogen and oxygen atoms in total. The molecular formula is C13H13FN2O. The largest absolute Gasteiger partial charge is 0.396 e. The van der Waals surface area contributed by atoms with Gasteiger partial charge in [-0.2, -0.15) is 0 Å². The van der Waals surface area contributed by atoms with Gasteiger partial charge in [0.1, 0.15) is 5.82 Å². The van der Waals surface area contributed by atoms with Crippen LogP contribution < -0.4 is 11.3 Å². The fourth-order valence-corrected chi connectivity index (χ4v) is 1.75. The predicted octanol–water partition coefficient (Wildman–Crippen LogP) is 2.08. The number of nitrogens with zero attached hydrogens (tertiary/aromatic N) is 1. The highest BCUT2D eigenvalue weighted by Gasteiger charge is 2.10. The second-order valence-corrected chi connectivity index (χ2v) is 4.03. The summed E-state index contributed by atoms with van der Waals surface area (Å²) in [5, 5.41) is 0. The minimum Gasteiger partial charge on any atom is -0.396 e. The van der Waals surface area contributed by atoms with Crippen LogP contribution in [0.2, 0.25) is 0 Å². The van der Waals surface area contributed by atoms with Gasteiger partial charge in [-0.15, -0.1) is 0 Å². The standard InChI is InChI=1S/C13H13FN2O/c1-8-5-6-16(2)13(17)12(8)9-3-4-11(15)10(14)7-9/h3-7H,15H2,1-2H3. The van der Waals surface area contributed by atoms with Crippen molar-refractivity contribution in [3.8, 4) is 11.1 Å². The Bertz CT molecular complexity index is 632. The normalized spacial score (nSPS) is 10.5. The number of benzene rings is 1. The maximum absolute atomic E-state index is 13.4. The Hall–Kier alpha value is -2.10. The molecule has 0 saturated heterocycles. The summed E-state index contributed by atoms with van der Waals surface area (Å²) in [5.74, 6) is -0.507. The SMILES string of the molecule is Cc1ccn(C)c(=O)c1-c1ccc(N)c(F)c1. The van der Waals surface area contributed by atoms with Crippen LogP contribution in [-0.4, -0.2) is 4.57 Å². The molecule has 0 aliphatic carbocycles. The Morgan fingerprint density at radius 2 is 2.00 bits per heavy atom. The highest BCUT2D eigenvalue weighted by Crippen LogP contribution is 2.22. The van der Waals surface area contributed by atoms with Gasteiger partial charge in [0.2, 0.25) is 0 Å². The third-order valence-corrected chi connectivity index (χ3v) is 2.77. The molecule has 1 aromatic heterocycles. The van der Waals surface area contributed by atoms with Crippen molar-refractivity contribution >= 4 is 5.69 Å². The van der Waals surface area contributed by atoms with E-state index in [1.165, 1.54) is 16.7 Å². The van der Waals surface area contributed by atoms with Crippen LogP contribution in [0, 0.1) is 12.7 Å². The Labute approximate surface area is 98.3 Å². The van der Waals surface area contributed by atoms with E-state index in [4.69, 9.17) is 5.73 Å². The monoisotopic (exact) mass is 232 g/mol. The van der Waals surface area contributed by atoms with E-state index in [1.54, 1.807) is 19.3 Å². The summed E-state index contributed by atoms with van der Waals surface area (Å²) in [4.78, 5) is 12.0. The van der Waals surface area contributed by atoms with Crippen molar-refractivity contribution in [1.82, 2.24) is 4.57 Å². The molecule has 0 bridgehead atoms. The first-order chi connectivity index (χ1) is 8.00. The van der Waals surface area contributed by atoms with Gasteiger partial charge >= 0.3 is 0 Å². The van der Waals surface area contributed by atoms with E-state index in [0.29, 0.717) is 11.1 Å². The lowest BCUT2D eigenvalue weighted by Gasteiger charge is -2.08. The summed E-state index contributed by atoms with van der Waals surface area (Å²) in [6, 6.07) is 6.24. The van der Waals surface area contributed by atoms with E-state index in [0.717, 1.165) is 5.56 Å². The first-order valence-corrected chi connectivity index (χ1v) is 5.22. The van der Waals surface area contributed by atoms with Crippen LogP contribution in [0.4, 0.5) is 10.1 Å². The van der Waals surface area contributed by atoms with Gasteiger partial charge in [-0.1, -0.05) is 6.07 Å². The van der Waals surface area contributed by atoms with Crippen molar-refractivity contribution < 1.29 is 4.39 Å². The molecule has 1 heterocycles. The lowest BCUT2D eigenvalue weighted by Crippen LogP contribution is -2.18. The smallest absolute Gasteiger partial charge is 0.258 e. The third kappa shape index (κ3) is 1.93. The van der Waals surface area contributed by atoms with Crippen molar-refractivity contribution in [3.63, 3.8) is 0 Å². The topological polar surface area (TPSA) is 48.0 Å². The first kappa shape index (κ1) is 11.4. The maximum atomic E-state index is 13.4. The molecule has 2 N–H and O–H groups in total. The number of nitrogens with two attached hydrogens (primary N) is 1. The van der Waals surface area contributed by atoms with Crippen molar-refractivity contribution in [2.45, 2.75) is 6.92 Å². The van der Waals surface area contributed by atoms with Crippen LogP contribution in [0.25, 0.3) is 11.1 Å². The molecule has 0 aliphatic rings. The van der Waals surface area contributed by atoms with Crippen molar-refractivity contribution in [1.29, 1.82) is 0 Å². The zero-order chi connectivity index (χ0) is 12.6. The van der Waals surface area contributed by atoms with Gasteiger partial charge in [-0.25, -0.2) is 4.39 Å². The molecule has 2 rings (SSSR count). The molecule has 2 aromatic rings. The van der Waals surface area contributed by atoms with Gasteiger partial charge in [0.15, 0.2) is 0 Å². The summed E-state index contributed by atoms with van der Waals surface area (Å²) in [5.41, 5.74) is 7.23. The number of hydrogen-bond acceptors (Lipinski definition) is 2. The van der Waals surface area contributed by atoms with Gasteiger partial charge in [0, 0.05) is 13.2 Å². The number of rotatable bonds is 1. The van der Waals surface area contributed by atoms with Crippen LogP contribution in [0.1, 0.15) is 5.56 Å². The number of halogens is 1. The zero-order valence-electron chi connectivity index (χ0n) is 9.70. The minimum absolute atomic E-state index is 0.0826. The molecular weight excluding hydrogens is 219 g/mol. The average molecular weight is 232 g/mol. The number of anilines is 1. The molecule has 88 valence electrons. The second-order valence-electron chi connectivity index (χ2n) is 4.03. The quantitative estimate of drug-likeness (QED) is 0.765. The molecule has 0 spiro atoms. The molecule has 1 aromatic carbocycles. The molecule has 0 radical (unpaired) electrons. The van der Waals surface area contributed by atoms with E-state index >= 15 is 0 Å². The highest BCUT2D eigenvalue weighted by molar-refractivity contribution is 5.68. The molecule has 0 fully saturated rings. The fourth-order valence-electron chi connectivity index (χ4n) is 1.75.